The fourth-order valence-electron chi connectivity index (χ4n) is 1.12. The number of nitrogens with one attached hydrogen (secondary N) is 2. The molecule has 0 fully saturated rings. The Kier molecular flexibility index (Phi) is 4.35. The lowest BCUT2D eigenvalue weighted by Crippen LogP contribution is -2.41. The number of imide groups is 1. The van der Waals surface area contributed by atoms with Gasteiger partial charge in [0.25, 0.3) is 5.56 Å². The van der Waals surface area contributed by atoms with Crippen LogP contribution in [0.15, 0.2) is 16.9 Å². The largest absolute Gasteiger partial charge is 0.329 e. The number of carbonyl (C=O) groups excluding carboxylic acids is 2. The molecule has 1 rings (SSSR count). The molecule has 8 nitrogen and oxygen atoms in total. The number of aromatic amines is 1. The highest BCUT2D eigenvalue weighted by molar-refractivity contribution is 5.99. The quantitative estimate of drug-likeness (QED) is 0.631. The standard InChI is InChI=1S/C9H13N5O3/c1-6(15)14(5-4-10)9(17)11-7-2-3-8(16)13-12-7/h2-3H,4-5,10H2,1H3,(H,13,16)(H,11,12,17). The number of hydrogen-bond donors (Lipinski definition) is 3. The van der Waals surface area contributed by atoms with Gasteiger partial charge in [0.05, 0.1) is 0 Å². The maximum absolute atomic E-state index is 11.6. The molecule has 0 saturated carbocycles. The third kappa shape index (κ3) is 3.68. The topological polar surface area (TPSA) is 121 Å². The number of nitrogens with zero attached hydrogens (tertiary/aromatic N) is 2. The van der Waals surface area contributed by atoms with Crippen LogP contribution in [0.2, 0.25) is 0 Å². The van der Waals surface area contributed by atoms with Crippen LogP contribution in [-0.2, 0) is 4.79 Å². The summed E-state index contributed by atoms with van der Waals surface area (Å²) in [6.07, 6.45) is 0. The number of anilines is 1. The average molecular weight is 239 g/mol. The molecule has 3 amide bonds. The van der Waals surface area contributed by atoms with Crippen molar-refractivity contribution in [2.45, 2.75) is 6.92 Å². The van der Waals surface area contributed by atoms with Crippen LogP contribution in [0, 0.1) is 0 Å². The van der Waals surface area contributed by atoms with E-state index < -0.39 is 11.9 Å². The lowest BCUT2D eigenvalue weighted by Gasteiger charge is -2.18. The summed E-state index contributed by atoms with van der Waals surface area (Å²) >= 11 is 0. The van der Waals surface area contributed by atoms with Crippen molar-refractivity contribution in [1.82, 2.24) is 15.1 Å². The van der Waals surface area contributed by atoms with Crippen molar-refractivity contribution >= 4 is 17.8 Å². The Morgan fingerprint density at radius 3 is 2.71 bits per heavy atom. The molecule has 0 radical (unpaired) electrons. The Bertz CT molecular complexity index is 449. The smallest absolute Gasteiger partial charge is 0.329 e. The van der Waals surface area contributed by atoms with E-state index in [1.165, 1.54) is 19.1 Å². The first-order chi connectivity index (χ1) is 8.04. The van der Waals surface area contributed by atoms with Crippen molar-refractivity contribution in [1.29, 1.82) is 0 Å². The van der Waals surface area contributed by atoms with Crippen molar-refractivity contribution in [3.05, 3.63) is 22.5 Å². The monoisotopic (exact) mass is 239 g/mol. The predicted octanol–water partition coefficient (Wildman–Crippen LogP) is -0.891. The fourth-order valence-corrected chi connectivity index (χ4v) is 1.12. The van der Waals surface area contributed by atoms with Gasteiger partial charge >= 0.3 is 6.03 Å². The zero-order valence-corrected chi connectivity index (χ0v) is 9.27. The van der Waals surface area contributed by atoms with Gasteiger partial charge in [-0.1, -0.05) is 0 Å². The van der Waals surface area contributed by atoms with Gasteiger partial charge in [-0.25, -0.2) is 9.89 Å². The van der Waals surface area contributed by atoms with Crippen molar-refractivity contribution in [2.75, 3.05) is 18.4 Å². The molecule has 4 N–H and O–H groups in total. The summed E-state index contributed by atoms with van der Waals surface area (Å²) in [6, 6.07) is 1.91. The molecule has 0 aromatic carbocycles. The highest BCUT2D eigenvalue weighted by Crippen LogP contribution is 2.00. The fraction of sp³-hybridized carbons (Fsp3) is 0.333. The molecule has 0 unspecified atom stereocenters. The number of H-pyrrole nitrogens is 1. The molecule has 0 aliphatic carbocycles. The lowest BCUT2D eigenvalue weighted by molar-refractivity contribution is -0.125. The molecule has 0 atom stereocenters. The van der Waals surface area contributed by atoms with Crippen molar-refractivity contribution in [2.24, 2.45) is 5.73 Å². The second-order valence-electron chi connectivity index (χ2n) is 3.20. The van der Waals surface area contributed by atoms with Gasteiger partial charge in [0.2, 0.25) is 5.91 Å². The number of hydrogen-bond acceptors (Lipinski definition) is 5. The Morgan fingerprint density at radius 1 is 1.53 bits per heavy atom. The molecule has 92 valence electrons. The maximum Gasteiger partial charge on any atom is 0.329 e. The third-order valence-electron chi connectivity index (χ3n) is 1.89. The van der Waals surface area contributed by atoms with Crippen LogP contribution in [-0.4, -0.2) is 40.1 Å². The first-order valence-corrected chi connectivity index (χ1v) is 4.89. The van der Waals surface area contributed by atoms with Gasteiger partial charge < -0.3 is 5.73 Å². The lowest BCUT2D eigenvalue weighted by atomic mass is 10.5. The summed E-state index contributed by atoms with van der Waals surface area (Å²) in [4.78, 5) is 34.5. The minimum absolute atomic E-state index is 0.116. The number of nitrogens with two attached hydrogens (primary N) is 1. The number of carbonyl (C=O) groups is 2. The van der Waals surface area contributed by atoms with E-state index in [1.807, 2.05) is 0 Å². The van der Waals surface area contributed by atoms with E-state index >= 15 is 0 Å². The molecule has 0 saturated heterocycles. The summed E-state index contributed by atoms with van der Waals surface area (Å²) < 4.78 is 0. The van der Waals surface area contributed by atoms with E-state index in [4.69, 9.17) is 5.73 Å². The summed E-state index contributed by atoms with van der Waals surface area (Å²) in [5, 5.41) is 8.10. The normalized spacial score (nSPS) is 9.76. The SMILES string of the molecule is CC(=O)N(CCN)C(=O)Nc1ccc(=O)[nH]n1. The molecular formula is C9H13N5O3. The van der Waals surface area contributed by atoms with Crippen LogP contribution < -0.4 is 16.6 Å². The molecule has 17 heavy (non-hydrogen) atoms. The zero-order valence-electron chi connectivity index (χ0n) is 9.27. The van der Waals surface area contributed by atoms with Crippen LogP contribution in [0.25, 0.3) is 0 Å². The number of amides is 3. The second kappa shape index (κ2) is 5.75. The molecule has 1 aromatic heterocycles. The minimum atomic E-state index is -0.637. The Morgan fingerprint density at radius 2 is 2.24 bits per heavy atom. The van der Waals surface area contributed by atoms with Gasteiger partial charge in [0.1, 0.15) is 0 Å². The molecule has 0 spiro atoms. The van der Waals surface area contributed by atoms with E-state index in [0.29, 0.717) is 0 Å². The Labute approximate surface area is 96.8 Å². The highest BCUT2D eigenvalue weighted by Gasteiger charge is 2.17. The van der Waals surface area contributed by atoms with Crippen LogP contribution in [0.1, 0.15) is 6.92 Å². The van der Waals surface area contributed by atoms with E-state index in [0.717, 1.165) is 4.90 Å². The predicted molar refractivity (Wildman–Crippen MR) is 60.3 cm³/mol. The van der Waals surface area contributed by atoms with E-state index in [9.17, 15) is 14.4 Å². The van der Waals surface area contributed by atoms with Gasteiger partial charge in [-0.15, -0.1) is 0 Å². The molecule has 0 bridgehead atoms. The summed E-state index contributed by atoms with van der Waals surface area (Å²) in [5.41, 5.74) is 4.90. The minimum Gasteiger partial charge on any atom is -0.329 e. The molecule has 1 aromatic rings. The number of urea groups is 1. The molecular weight excluding hydrogens is 226 g/mol. The second-order valence-corrected chi connectivity index (χ2v) is 3.20. The van der Waals surface area contributed by atoms with Gasteiger partial charge in [-0.3, -0.25) is 19.8 Å². The molecule has 1 heterocycles. The van der Waals surface area contributed by atoms with Crippen LogP contribution in [0.3, 0.4) is 0 Å². The summed E-state index contributed by atoms with van der Waals surface area (Å²) in [6.45, 7) is 1.55. The maximum atomic E-state index is 11.6. The molecule has 0 aliphatic heterocycles. The van der Waals surface area contributed by atoms with Gasteiger partial charge in [0.15, 0.2) is 5.82 Å². The van der Waals surface area contributed by atoms with E-state index in [1.54, 1.807) is 0 Å². The van der Waals surface area contributed by atoms with Gasteiger partial charge in [-0.2, -0.15) is 5.10 Å². The van der Waals surface area contributed by atoms with Crippen LogP contribution >= 0.6 is 0 Å². The summed E-state index contributed by atoms with van der Waals surface area (Å²) in [7, 11) is 0. The third-order valence-corrected chi connectivity index (χ3v) is 1.89. The Balaban J connectivity index is 2.73. The number of aromatic nitrogens is 2. The molecule has 0 aliphatic rings. The number of rotatable bonds is 3. The van der Waals surface area contributed by atoms with Gasteiger partial charge in [-0.05, 0) is 6.07 Å². The Hall–Kier alpha value is -2.22. The van der Waals surface area contributed by atoms with E-state index in [2.05, 4.69) is 15.5 Å². The zero-order chi connectivity index (χ0) is 12.8. The first kappa shape index (κ1) is 12.8. The summed E-state index contributed by atoms with van der Waals surface area (Å²) in [5.74, 6) is -0.268. The van der Waals surface area contributed by atoms with Crippen molar-refractivity contribution < 1.29 is 9.59 Å². The van der Waals surface area contributed by atoms with E-state index in [-0.39, 0.29) is 24.5 Å². The van der Waals surface area contributed by atoms with Crippen molar-refractivity contribution in [3.8, 4) is 0 Å². The molecule has 8 heteroatoms. The van der Waals surface area contributed by atoms with Crippen LogP contribution in [0.5, 0.6) is 0 Å². The van der Waals surface area contributed by atoms with Crippen LogP contribution in [0.4, 0.5) is 10.6 Å². The van der Waals surface area contributed by atoms with Gasteiger partial charge in [0, 0.05) is 26.1 Å². The van der Waals surface area contributed by atoms with Crippen molar-refractivity contribution in [3.63, 3.8) is 0 Å². The highest BCUT2D eigenvalue weighted by atomic mass is 16.2. The average Bonchev–Trinajstić information content (AvgIpc) is 2.28. The first-order valence-electron chi connectivity index (χ1n) is 4.89.